The first-order valence-electron chi connectivity index (χ1n) is 6.87. The molecule has 2 aromatic rings. The second-order valence-corrected chi connectivity index (χ2v) is 5.94. The Kier molecular flexibility index (Phi) is 5.11. The number of nitrogens with one attached hydrogen (secondary N) is 1. The molecular formula is C16H22N2S. The Hall–Kier alpha value is -1.19. The van der Waals surface area contributed by atoms with Crippen molar-refractivity contribution in [1.29, 1.82) is 0 Å². The Morgan fingerprint density at radius 3 is 2.53 bits per heavy atom. The smallest absolute Gasteiger partial charge is 0.0897 e. The second kappa shape index (κ2) is 6.83. The Labute approximate surface area is 119 Å². The Morgan fingerprint density at radius 1 is 1.26 bits per heavy atom. The van der Waals surface area contributed by atoms with Crippen LogP contribution in [-0.2, 0) is 6.42 Å². The summed E-state index contributed by atoms with van der Waals surface area (Å²) in [4.78, 5) is 4.59. The summed E-state index contributed by atoms with van der Waals surface area (Å²) in [5.74, 6) is 0.535. The minimum absolute atomic E-state index is 0.439. The lowest BCUT2D eigenvalue weighted by Gasteiger charge is -2.26. The van der Waals surface area contributed by atoms with E-state index in [1.165, 1.54) is 11.3 Å². The van der Waals surface area contributed by atoms with E-state index in [2.05, 4.69) is 66.9 Å². The average Bonchev–Trinajstić information content (AvgIpc) is 2.85. The predicted molar refractivity (Wildman–Crippen MR) is 82.9 cm³/mol. The molecule has 0 aliphatic rings. The molecule has 0 saturated heterocycles. The Bertz CT molecular complexity index is 492. The zero-order valence-corrected chi connectivity index (χ0v) is 12.7. The van der Waals surface area contributed by atoms with E-state index in [4.69, 9.17) is 0 Å². The van der Waals surface area contributed by atoms with Crippen LogP contribution in [0.3, 0.4) is 0 Å². The van der Waals surface area contributed by atoms with Crippen molar-refractivity contribution < 1.29 is 0 Å². The molecule has 1 N–H and O–H groups in total. The Balaban J connectivity index is 2.15. The summed E-state index contributed by atoms with van der Waals surface area (Å²) in [6.07, 6.45) is 2.13. The zero-order valence-electron chi connectivity index (χ0n) is 11.9. The van der Waals surface area contributed by atoms with Crippen molar-refractivity contribution in [3.05, 3.63) is 52.0 Å². The molecule has 1 aromatic carbocycles. The lowest BCUT2D eigenvalue weighted by Crippen LogP contribution is -2.34. The summed E-state index contributed by atoms with van der Waals surface area (Å²) in [6, 6.07) is 11.2. The number of aryl methyl sites for hydroxylation is 1. The monoisotopic (exact) mass is 274 g/mol. The van der Waals surface area contributed by atoms with Crippen molar-refractivity contribution in [2.75, 3.05) is 7.05 Å². The fourth-order valence-electron chi connectivity index (χ4n) is 2.63. The standard InChI is InChI=1S/C16H22N2S/c1-4-15(13-8-6-5-7-9-13)16(17-3)10-14-11-19-12(2)18-14/h5-9,11,15-17H,4,10H2,1-3H3. The first kappa shape index (κ1) is 14.2. The summed E-state index contributed by atoms with van der Waals surface area (Å²) < 4.78 is 0. The molecule has 1 heterocycles. The molecule has 19 heavy (non-hydrogen) atoms. The highest BCUT2D eigenvalue weighted by Gasteiger charge is 2.21. The maximum Gasteiger partial charge on any atom is 0.0897 e. The summed E-state index contributed by atoms with van der Waals surface area (Å²) in [5, 5.41) is 6.80. The lowest BCUT2D eigenvalue weighted by atomic mass is 9.87. The number of nitrogens with zero attached hydrogens (tertiary/aromatic N) is 1. The molecule has 3 heteroatoms. The van der Waals surface area contributed by atoms with E-state index in [1.54, 1.807) is 11.3 Å². The zero-order chi connectivity index (χ0) is 13.7. The van der Waals surface area contributed by atoms with Crippen molar-refractivity contribution >= 4 is 11.3 Å². The van der Waals surface area contributed by atoms with Gasteiger partial charge in [0.25, 0.3) is 0 Å². The summed E-state index contributed by atoms with van der Waals surface area (Å²) in [6.45, 7) is 4.32. The van der Waals surface area contributed by atoms with Gasteiger partial charge in [0, 0.05) is 17.8 Å². The van der Waals surface area contributed by atoms with E-state index < -0.39 is 0 Å². The number of benzene rings is 1. The summed E-state index contributed by atoms with van der Waals surface area (Å²) >= 11 is 1.73. The van der Waals surface area contributed by atoms with Gasteiger partial charge in [-0.1, -0.05) is 37.3 Å². The van der Waals surface area contributed by atoms with Crippen LogP contribution in [-0.4, -0.2) is 18.1 Å². The van der Waals surface area contributed by atoms with Gasteiger partial charge in [-0.2, -0.15) is 0 Å². The van der Waals surface area contributed by atoms with Gasteiger partial charge in [-0.25, -0.2) is 4.98 Å². The van der Waals surface area contributed by atoms with Gasteiger partial charge in [-0.05, 0) is 31.9 Å². The van der Waals surface area contributed by atoms with Crippen LogP contribution >= 0.6 is 11.3 Å². The molecule has 0 fully saturated rings. The average molecular weight is 274 g/mol. The van der Waals surface area contributed by atoms with Crippen molar-refractivity contribution in [2.45, 2.75) is 38.6 Å². The van der Waals surface area contributed by atoms with Gasteiger partial charge in [0.05, 0.1) is 10.7 Å². The molecule has 0 saturated carbocycles. The fraction of sp³-hybridized carbons (Fsp3) is 0.438. The molecule has 0 amide bonds. The van der Waals surface area contributed by atoms with E-state index in [1.807, 2.05) is 0 Å². The molecule has 0 radical (unpaired) electrons. The van der Waals surface area contributed by atoms with Gasteiger partial charge in [0.15, 0.2) is 0 Å². The molecule has 2 rings (SSSR count). The van der Waals surface area contributed by atoms with Crippen LogP contribution in [0.2, 0.25) is 0 Å². The topological polar surface area (TPSA) is 24.9 Å². The third-order valence-electron chi connectivity index (χ3n) is 3.62. The molecule has 0 spiro atoms. The lowest BCUT2D eigenvalue weighted by molar-refractivity contribution is 0.445. The van der Waals surface area contributed by atoms with Gasteiger partial charge in [-0.15, -0.1) is 11.3 Å². The molecule has 0 bridgehead atoms. The van der Waals surface area contributed by atoms with Crippen LogP contribution in [0, 0.1) is 6.92 Å². The van der Waals surface area contributed by atoms with Gasteiger partial charge in [-0.3, -0.25) is 0 Å². The van der Waals surface area contributed by atoms with Crippen LogP contribution in [0.15, 0.2) is 35.7 Å². The summed E-state index contributed by atoms with van der Waals surface area (Å²) in [7, 11) is 2.05. The van der Waals surface area contributed by atoms with Gasteiger partial charge in [0.2, 0.25) is 0 Å². The van der Waals surface area contributed by atoms with E-state index in [0.717, 1.165) is 17.8 Å². The van der Waals surface area contributed by atoms with Crippen molar-refractivity contribution in [3.63, 3.8) is 0 Å². The minimum atomic E-state index is 0.439. The molecule has 2 atom stereocenters. The molecule has 1 aromatic heterocycles. The number of likely N-dealkylation sites (N-methyl/N-ethyl adjacent to an activating group) is 1. The molecule has 2 nitrogen and oxygen atoms in total. The van der Waals surface area contributed by atoms with Crippen LogP contribution in [0.5, 0.6) is 0 Å². The van der Waals surface area contributed by atoms with Crippen molar-refractivity contribution in [3.8, 4) is 0 Å². The molecule has 2 unspecified atom stereocenters. The molecule has 0 aliphatic carbocycles. The van der Waals surface area contributed by atoms with Gasteiger partial charge >= 0.3 is 0 Å². The predicted octanol–water partition coefficient (Wildman–Crippen LogP) is 3.78. The highest BCUT2D eigenvalue weighted by Crippen LogP contribution is 2.25. The third kappa shape index (κ3) is 3.64. The maximum absolute atomic E-state index is 4.59. The van der Waals surface area contributed by atoms with E-state index in [0.29, 0.717) is 12.0 Å². The quantitative estimate of drug-likeness (QED) is 0.867. The number of thiazole rings is 1. The maximum atomic E-state index is 4.59. The van der Waals surface area contributed by atoms with Gasteiger partial charge in [0.1, 0.15) is 0 Å². The van der Waals surface area contributed by atoms with Crippen molar-refractivity contribution in [2.24, 2.45) is 0 Å². The first-order valence-corrected chi connectivity index (χ1v) is 7.75. The van der Waals surface area contributed by atoms with Crippen LogP contribution in [0.4, 0.5) is 0 Å². The highest BCUT2D eigenvalue weighted by atomic mass is 32.1. The Morgan fingerprint density at radius 2 is 2.00 bits per heavy atom. The number of hydrogen-bond donors (Lipinski definition) is 1. The number of rotatable bonds is 6. The molecule has 0 aliphatic heterocycles. The van der Waals surface area contributed by atoms with E-state index in [9.17, 15) is 0 Å². The van der Waals surface area contributed by atoms with Gasteiger partial charge < -0.3 is 5.32 Å². The normalized spacial score (nSPS) is 14.3. The number of aromatic nitrogens is 1. The number of hydrogen-bond acceptors (Lipinski definition) is 3. The first-order chi connectivity index (χ1) is 9.24. The van der Waals surface area contributed by atoms with Crippen LogP contribution < -0.4 is 5.32 Å². The minimum Gasteiger partial charge on any atom is -0.316 e. The molecule has 102 valence electrons. The fourth-order valence-corrected chi connectivity index (χ4v) is 3.25. The van der Waals surface area contributed by atoms with Crippen LogP contribution in [0.25, 0.3) is 0 Å². The summed E-state index contributed by atoms with van der Waals surface area (Å²) in [5.41, 5.74) is 2.62. The van der Waals surface area contributed by atoms with E-state index >= 15 is 0 Å². The van der Waals surface area contributed by atoms with E-state index in [-0.39, 0.29) is 0 Å². The molecular weight excluding hydrogens is 252 g/mol. The highest BCUT2D eigenvalue weighted by molar-refractivity contribution is 7.09. The van der Waals surface area contributed by atoms with Crippen molar-refractivity contribution in [1.82, 2.24) is 10.3 Å². The third-order valence-corrected chi connectivity index (χ3v) is 4.44. The SMILES string of the molecule is CCC(c1ccccc1)C(Cc1csc(C)n1)NC. The largest absolute Gasteiger partial charge is 0.316 e. The van der Waals surface area contributed by atoms with Crippen LogP contribution in [0.1, 0.15) is 35.5 Å². The second-order valence-electron chi connectivity index (χ2n) is 4.88.